The minimum atomic E-state index is 0.566. The van der Waals surface area contributed by atoms with Crippen LogP contribution in [0.3, 0.4) is 0 Å². The zero-order chi connectivity index (χ0) is 10.0. The van der Waals surface area contributed by atoms with Crippen molar-refractivity contribution in [2.75, 3.05) is 33.1 Å². The van der Waals surface area contributed by atoms with Gasteiger partial charge in [-0.25, -0.2) is 4.58 Å². The molecule has 0 amide bonds. The lowest BCUT2D eigenvalue weighted by Crippen LogP contribution is -2.28. The predicted molar refractivity (Wildman–Crippen MR) is 50.5 cm³/mol. The van der Waals surface area contributed by atoms with Crippen molar-refractivity contribution in [3.8, 4) is 0 Å². The Balaban J connectivity index is 3.36. The third-order valence-electron chi connectivity index (χ3n) is 1.47. The molecule has 0 aromatic carbocycles. The van der Waals surface area contributed by atoms with Crippen LogP contribution in [-0.2, 0) is 0 Å². The molecule has 0 N–H and O–H groups in total. The van der Waals surface area contributed by atoms with E-state index in [1.54, 1.807) is 0 Å². The second-order valence-electron chi connectivity index (χ2n) is 3.22. The average Bonchev–Trinajstić information content (AvgIpc) is 2.03. The molecule has 0 aliphatic heterocycles. The maximum absolute atomic E-state index is 5.31. The summed E-state index contributed by atoms with van der Waals surface area (Å²) in [5.74, 6) is 1.27. The number of hydrogen-bond acceptors (Lipinski definition) is 4. The van der Waals surface area contributed by atoms with Crippen LogP contribution in [0.15, 0.2) is 4.42 Å². The highest BCUT2D eigenvalue weighted by Gasteiger charge is 2.10. The van der Waals surface area contributed by atoms with E-state index in [-0.39, 0.29) is 0 Å². The average molecular weight is 183 g/mol. The van der Waals surface area contributed by atoms with Crippen molar-refractivity contribution in [1.82, 2.24) is 14.5 Å². The molecule has 0 atom stereocenters. The molecule has 0 saturated heterocycles. The van der Waals surface area contributed by atoms with Crippen molar-refractivity contribution in [1.29, 1.82) is 0 Å². The van der Waals surface area contributed by atoms with E-state index in [4.69, 9.17) is 4.42 Å². The molecule has 1 aromatic heterocycles. The summed E-state index contributed by atoms with van der Waals surface area (Å²) in [6, 6.07) is 0. The number of hydrogen-bond donors (Lipinski definition) is 0. The van der Waals surface area contributed by atoms with Crippen molar-refractivity contribution < 1.29 is 4.42 Å². The Morgan fingerprint density at radius 2 is 1.85 bits per heavy atom. The van der Waals surface area contributed by atoms with Crippen LogP contribution in [0.4, 0.5) is 5.95 Å². The van der Waals surface area contributed by atoms with E-state index < -0.39 is 0 Å². The van der Waals surface area contributed by atoms with E-state index in [0.717, 1.165) is 0 Å². The van der Waals surface area contributed by atoms with Crippen LogP contribution in [0, 0.1) is 6.92 Å². The first kappa shape index (κ1) is 9.70. The molecule has 0 bridgehead atoms. The van der Waals surface area contributed by atoms with Crippen LogP contribution in [0.25, 0.3) is 0 Å². The largest absolute Gasteiger partial charge is 0.503 e. The fourth-order valence-electron chi connectivity index (χ4n) is 0.820. The van der Waals surface area contributed by atoms with Gasteiger partial charge in [-0.05, 0) is 0 Å². The van der Waals surface area contributed by atoms with Crippen LogP contribution < -0.4 is 15.2 Å². The zero-order valence-corrected chi connectivity index (χ0v) is 8.70. The third kappa shape index (κ3) is 2.27. The molecule has 5 heteroatoms. The van der Waals surface area contributed by atoms with Crippen molar-refractivity contribution in [3.63, 3.8) is 0 Å². The molecule has 0 saturated carbocycles. The van der Waals surface area contributed by atoms with Gasteiger partial charge in [-0.1, -0.05) is 0 Å². The minimum Gasteiger partial charge on any atom is -0.374 e. The molecule has 1 heterocycles. The van der Waals surface area contributed by atoms with Gasteiger partial charge in [0.15, 0.2) is 0 Å². The maximum atomic E-state index is 5.31. The highest BCUT2D eigenvalue weighted by Crippen LogP contribution is 1.98. The summed E-state index contributed by atoms with van der Waals surface area (Å²) in [5, 5.41) is 0. The minimum absolute atomic E-state index is 0.566. The zero-order valence-electron chi connectivity index (χ0n) is 8.70. The number of rotatable bonds is 1. The van der Waals surface area contributed by atoms with Gasteiger partial charge in [0.05, 0.1) is 14.1 Å². The smallest absolute Gasteiger partial charge is 0.374 e. The molecule has 0 fully saturated rings. The second kappa shape index (κ2) is 3.55. The Morgan fingerprint density at radius 1 is 1.23 bits per heavy atom. The van der Waals surface area contributed by atoms with E-state index in [9.17, 15) is 0 Å². The first-order valence-corrected chi connectivity index (χ1v) is 4.04. The quantitative estimate of drug-likeness (QED) is 0.549. The van der Waals surface area contributed by atoms with Crippen molar-refractivity contribution in [2.24, 2.45) is 0 Å². The van der Waals surface area contributed by atoms with E-state index in [0.29, 0.717) is 17.5 Å². The van der Waals surface area contributed by atoms with Crippen LogP contribution in [0.1, 0.15) is 5.89 Å². The monoisotopic (exact) mass is 183 g/mol. The molecule has 0 unspecified atom stereocenters. The summed E-state index contributed by atoms with van der Waals surface area (Å²) in [4.78, 5) is 10.2. The van der Waals surface area contributed by atoms with Gasteiger partial charge in [0.2, 0.25) is 5.89 Å². The maximum Gasteiger partial charge on any atom is 0.503 e. The van der Waals surface area contributed by atoms with Gasteiger partial charge >= 0.3 is 11.6 Å². The Bertz CT molecular complexity index is 363. The molecule has 72 valence electrons. The first-order chi connectivity index (χ1) is 6.00. The summed E-state index contributed by atoms with van der Waals surface area (Å²) in [7, 11) is 7.55. The van der Waals surface area contributed by atoms with Gasteiger partial charge in [0.1, 0.15) is 0 Å². The van der Waals surface area contributed by atoms with Gasteiger partial charge in [-0.3, -0.25) is 0 Å². The van der Waals surface area contributed by atoms with Gasteiger partial charge in [0, 0.05) is 26.0 Å². The predicted octanol–water partition coefficient (Wildman–Crippen LogP) is -0.524. The summed E-state index contributed by atoms with van der Waals surface area (Å²) in [6.07, 6.45) is 0. The highest BCUT2D eigenvalue weighted by atomic mass is 16.4. The van der Waals surface area contributed by atoms with Gasteiger partial charge in [-0.15, -0.1) is 0 Å². The summed E-state index contributed by atoms with van der Waals surface area (Å²) in [6.45, 7) is 1.81. The van der Waals surface area contributed by atoms with E-state index >= 15 is 0 Å². The Kier molecular flexibility index (Phi) is 2.65. The second-order valence-corrected chi connectivity index (χ2v) is 3.22. The van der Waals surface area contributed by atoms with Crippen LogP contribution >= 0.6 is 0 Å². The molecule has 13 heavy (non-hydrogen) atoms. The molecule has 1 aromatic rings. The fraction of sp³-hybridized carbons (Fsp3) is 0.625. The Morgan fingerprint density at radius 3 is 2.31 bits per heavy atom. The first-order valence-electron chi connectivity index (χ1n) is 4.04. The lowest BCUT2D eigenvalue weighted by molar-refractivity contribution is 0.385. The number of aromatic nitrogens is 2. The fourth-order valence-corrected chi connectivity index (χ4v) is 0.820. The number of anilines is 1. The highest BCUT2D eigenvalue weighted by molar-refractivity contribution is 5.23. The lowest BCUT2D eigenvalue weighted by atomic mass is 10.7. The van der Waals surface area contributed by atoms with Crippen molar-refractivity contribution in [2.45, 2.75) is 6.92 Å². The van der Waals surface area contributed by atoms with Gasteiger partial charge in [0.25, 0.3) is 0 Å². The van der Waals surface area contributed by atoms with Crippen LogP contribution in [0.2, 0.25) is 0 Å². The summed E-state index contributed by atoms with van der Waals surface area (Å²) >= 11 is 0. The molecule has 0 radical (unpaired) electrons. The molecular weight excluding hydrogens is 168 g/mol. The molecule has 0 aliphatic carbocycles. The van der Waals surface area contributed by atoms with E-state index in [1.807, 2.05) is 44.6 Å². The third-order valence-corrected chi connectivity index (χ3v) is 1.47. The number of aryl methyl sites for hydroxylation is 1. The molecule has 0 aliphatic rings. The summed E-state index contributed by atoms with van der Waals surface area (Å²) < 4.78 is 7.11. The lowest BCUT2D eigenvalue weighted by Gasteiger charge is -2.03. The van der Waals surface area contributed by atoms with E-state index in [1.165, 1.54) is 0 Å². The Hall–Kier alpha value is -1.39. The summed E-state index contributed by atoms with van der Waals surface area (Å²) in [5.41, 5.74) is 0.566. The molecule has 5 nitrogen and oxygen atoms in total. The normalized spacial score (nSPS) is 9.92. The topological polar surface area (TPSA) is 45.2 Å². The standard InChI is InChI=1S/C8H15N4O/c1-6-9-7(11(2)3)10-8(13-6)12(4)5/h1-5H3/q+1. The van der Waals surface area contributed by atoms with Crippen molar-refractivity contribution >= 4 is 5.95 Å². The van der Waals surface area contributed by atoms with Gasteiger partial charge < -0.3 is 9.32 Å². The molecule has 1 rings (SSSR count). The molecule has 0 spiro atoms. The SMILES string of the molecule is Cc1nc(N(C)C)nc(=[N+](C)C)o1. The van der Waals surface area contributed by atoms with Gasteiger partial charge in [-0.2, -0.15) is 4.98 Å². The van der Waals surface area contributed by atoms with Crippen LogP contribution in [0.5, 0.6) is 0 Å². The van der Waals surface area contributed by atoms with Crippen molar-refractivity contribution in [3.05, 3.63) is 11.6 Å². The van der Waals surface area contributed by atoms with Crippen LogP contribution in [-0.4, -0.2) is 38.2 Å². The van der Waals surface area contributed by atoms with E-state index in [2.05, 4.69) is 9.97 Å². The Labute approximate surface area is 77.4 Å². The number of nitrogens with zero attached hydrogens (tertiary/aromatic N) is 4. The molecular formula is C8H15N4O+.